The van der Waals surface area contributed by atoms with Crippen LogP contribution < -0.4 is 5.32 Å². The monoisotopic (exact) mass is 497 g/mol. The number of nitrogens with one attached hydrogen (secondary N) is 2. The van der Waals surface area contributed by atoms with Crippen molar-refractivity contribution in [3.63, 3.8) is 0 Å². The second-order valence-corrected chi connectivity index (χ2v) is 9.56. The average Bonchev–Trinajstić information content (AvgIpc) is 3.56. The van der Waals surface area contributed by atoms with Gasteiger partial charge in [0, 0.05) is 31.2 Å². The van der Waals surface area contributed by atoms with Crippen LogP contribution in [0.15, 0.2) is 59.4 Å². The summed E-state index contributed by atoms with van der Waals surface area (Å²) in [5, 5.41) is 10.8. The highest BCUT2D eigenvalue weighted by Gasteiger charge is 2.21. The molecule has 5 rings (SSSR count). The summed E-state index contributed by atoms with van der Waals surface area (Å²) >= 11 is 0. The van der Waals surface area contributed by atoms with Gasteiger partial charge in [-0.2, -0.15) is 5.10 Å². The van der Waals surface area contributed by atoms with Crippen LogP contribution in [0, 0.1) is 0 Å². The molecule has 37 heavy (non-hydrogen) atoms. The number of allylic oxidation sites excluding steroid dienone is 1. The minimum Gasteiger partial charge on any atom is -0.337 e. The first-order valence-corrected chi connectivity index (χ1v) is 12.6. The van der Waals surface area contributed by atoms with Crippen LogP contribution in [-0.2, 0) is 0 Å². The Morgan fingerprint density at radius 2 is 1.95 bits per heavy atom. The molecule has 2 N–H and O–H groups in total. The first-order valence-electron chi connectivity index (χ1n) is 12.6. The van der Waals surface area contributed by atoms with Crippen molar-refractivity contribution >= 4 is 40.7 Å². The number of fused-ring (bicyclic) bond motifs is 1. The lowest BCUT2D eigenvalue weighted by atomic mass is 10.0. The maximum absolute atomic E-state index is 13.1. The Balaban J connectivity index is 1.32. The number of aromatic nitrogens is 3. The predicted octanol–water partition coefficient (Wildman–Crippen LogP) is 4.14. The number of hydrogen-bond acceptors (Lipinski definition) is 6. The van der Waals surface area contributed by atoms with Gasteiger partial charge in [0.1, 0.15) is 5.69 Å². The van der Waals surface area contributed by atoms with Gasteiger partial charge >= 0.3 is 0 Å². The number of benzene rings is 1. The van der Waals surface area contributed by atoms with E-state index < -0.39 is 0 Å². The van der Waals surface area contributed by atoms with E-state index in [1.165, 1.54) is 12.6 Å². The minimum atomic E-state index is -0.348. The van der Waals surface area contributed by atoms with Crippen molar-refractivity contribution in [1.82, 2.24) is 25.0 Å². The third kappa shape index (κ3) is 5.51. The molecule has 2 aliphatic heterocycles. The van der Waals surface area contributed by atoms with Crippen LogP contribution in [0.5, 0.6) is 0 Å². The first kappa shape index (κ1) is 24.6. The number of nitrogens with zero attached hydrogens (tertiary/aromatic N) is 5. The highest BCUT2D eigenvalue weighted by molar-refractivity contribution is 6.11. The summed E-state index contributed by atoms with van der Waals surface area (Å²) in [6, 6.07) is 9.25. The lowest BCUT2D eigenvalue weighted by Crippen LogP contribution is -2.38. The maximum atomic E-state index is 13.1. The lowest BCUT2D eigenvalue weighted by molar-refractivity contribution is 0.0787. The van der Waals surface area contributed by atoms with Gasteiger partial charge < -0.3 is 10.2 Å². The normalized spacial score (nSPS) is 16.6. The van der Waals surface area contributed by atoms with E-state index in [9.17, 15) is 9.59 Å². The van der Waals surface area contributed by atoms with Gasteiger partial charge in [-0.25, -0.2) is 4.98 Å². The fraction of sp³-hybridized carbons (Fsp3) is 0.321. The Morgan fingerprint density at radius 3 is 2.62 bits per heavy atom. The Bertz CT molecular complexity index is 1380. The zero-order valence-corrected chi connectivity index (χ0v) is 21.0. The summed E-state index contributed by atoms with van der Waals surface area (Å²) in [6.07, 6.45) is 8.71. The van der Waals surface area contributed by atoms with Crippen molar-refractivity contribution in [1.29, 1.82) is 0 Å². The SMILES string of the molecule is C=N/C=C(\C=C(/C)c1ccc2[nH]nc(C(=O)Nc3ccc(C(=O)N4CCCC4)nc3)c2c1)CN1CCC1. The predicted molar refractivity (Wildman–Crippen MR) is 146 cm³/mol. The third-order valence-corrected chi connectivity index (χ3v) is 6.88. The number of H-pyrrole nitrogens is 1. The Labute approximate surface area is 216 Å². The number of carbonyl (C=O) groups excluding carboxylic acids is 2. The second kappa shape index (κ2) is 10.9. The maximum Gasteiger partial charge on any atom is 0.276 e. The number of aromatic amines is 1. The standard InChI is InChI=1S/C28H31N7O2/c1-19(14-20(16-29-2)18-34-10-5-11-34)21-6-8-24-23(15-21)26(33-32-24)27(36)31-22-7-9-25(30-17-22)28(37)35-12-3-4-13-35/h6-9,14-17H,2-5,10-13,18H2,1H3,(H,31,36)(H,32,33)/b19-14+,20-16+. The highest BCUT2D eigenvalue weighted by Crippen LogP contribution is 2.25. The first-order chi connectivity index (χ1) is 18.0. The number of aliphatic imine (C=N–C) groups is 1. The van der Waals surface area contributed by atoms with Crippen LogP contribution in [0.4, 0.5) is 5.69 Å². The molecule has 2 saturated heterocycles. The highest BCUT2D eigenvalue weighted by atomic mass is 16.2. The van der Waals surface area contributed by atoms with E-state index >= 15 is 0 Å². The molecular formula is C28H31N7O2. The Kier molecular flexibility index (Phi) is 7.23. The van der Waals surface area contributed by atoms with E-state index in [1.807, 2.05) is 30.0 Å². The smallest absolute Gasteiger partial charge is 0.276 e. The van der Waals surface area contributed by atoms with Crippen LogP contribution in [-0.4, -0.2) is 76.2 Å². The molecule has 9 heteroatoms. The molecule has 0 spiro atoms. The van der Waals surface area contributed by atoms with Gasteiger partial charge in [0.2, 0.25) is 0 Å². The van der Waals surface area contributed by atoms with Crippen LogP contribution in [0.3, 0.4) is 0 Å². The molecule has 0 saturated carbocycles. The van der Waals surface area contributed by atoms with E-state index in [-0.39, 0.29) is 11.8 Å². The third-order valence-electron chi connectivity index (χ3n) is 6.88. The molecular weight excluding hydrogens is 466 g/mol. The molecule has 9 nitrogen and oxygen atoms in total. The molecule has 0 unspecified atom stereocenters. The summed E-state index contributed by atoms with van der Waals surface area (Å²) in [4.78, 5) is 38.0. The fourth-order valence-corrected chi connectivity index (χ4v) is 4.70. The number of likely N-dealkylation sites (tertiary alicyclic amines) is 2. The Hall–Kier alpha value is -4.11. The van der Waals surface area contributed by atoms with E-state index in [2.05, 4.69) is 43.2 Å². The quantitative estimate of drug-likeness (QED) is 0.359. The number of carbonyl (C=O) groups is 2. The molecule has 2 amide bonds. The van der Waals surface area contributed by atoms with Crippen molar-refractivity contribution in [2.75, 3.05) is 38.0 Å². The molecule has 0 radical (unpaired) electrons. The molecule has 190 valence electrons. The van der Waals surface area contributed by atoms with E-state index in [0.29, 0.717) is 17.1 Å². The molecule has 4 heterocycles. The van der Waals surface area contributed by atoms with Crippen molar-refractivity contribution in [2.45, 2.75) is 26.2 Å². The second-order valence-electron chi connectivity index (χ2n) is 9.56. The van der Waals surface area contributed by atoms with Crippen LogP contribution in [0.2, 0.25) is 0 Å². The summed E-state index contributed by atoms with van der Waals surface area (Å²) in [7, 11) is 0. The van der Waals surface area contributed by atoms with E-state index in [4.69, 9.17) is 0 Å². The largest absolute Gasteiger partial charge is 0.337 e. The number of pyridine rings is 1. The van der Waals surface area contributed by atoms with Gasteiger partial charge in [0.15, 0.2) is 5.69 Å². The van der Waals surface area contributed by atoms with E-state index in [1.54, 1.807) is 18.3 Å². The molecule has 0 atom stereocenters. The van der Waals surface area contributed by atoms with Crippen molar-refractivity contribution < 1.29 is 9.59 Å². The van der Waals surface area contributed by atoms with Crippen LogP contribution in [0.25, 0.3) is 16.5 Å². The van der Waals surface area contributed by atoms with Gasteiger partial charge in [0.25, 0.3) is 11.8 Å². The average molecular weight is 498 g/mol. The van der Waals surface area contributed by atoms with Crippen molar-refractivity contribution in [3.8, 4) is 0 Å². The molecule has 2 aliphatic rings. The Morgan fingerprint density at radius 1 is 1.14 bits per heavy atom. The van der Waals surface area contributed by atoms with Gasteiger partial charge in [-0.3, -0.25) is 24.6 Å². The molecule has 0 bridgehead atoms. The number of anilines is 1. The molecule has 3 aromatic rings. The number of hydrogen-bond donors (Lipinski definition) is 2. The van der Waals surface area contributed by atoms with Crippen LogP contribution >= 0.6 is 0 Å². The van der Waals surface area contributed by atoms with Gasteiger partial charge in [-0.15, -0.1) is 0 Å². The summed E-state index contributed by atoms with van der Waals surface area (Å²) in [5.41, 5.74) is 5.11. The van der Waals surface area contributed by atoms with Gasteiger partial charge in [-0.05, 0) is 87.0 Å². The van der Waals surface area contributed by atoms with Gasteiger partial charge in [-0.1, -0.05) is 12.1 Å². The zero-order chi connectivity index (χ0) is 25.8. The van der Waals surface area contributed by atoms with Crippen molar-refractivity contribution in [3.05, 3.63) is 71.3 Å². The fourth-order valence-electron chi connectivity index (χ4n) is 4.70. The van der Waals surface area contributed by atoms with Crippen LogP contribution in [0.1, 0.15) is 52.7 Å². The van der Waals surface area contributed by atoms with Crippen molar-refractivity contribution in [2.24, 2.45) is 4.99 Å². The molecule has 0 aliphatic carbocycles. The van der Waals surface area contributed by atoms with Gasteiger partial charge in [0.05, 0.1) is 17.4 Å². The molecule has 2 aromatic heterocycles. The summed E-state index contributed by atoms with van der Waals surface area (Å²) in [6.45, 7) is 10.2. The zero-order valence-electron chi connectivity index (χ0n) is 21.0. The number of amides is 2. The molecule has 2 fully saturated rings. The number of rotatable bonds is 8. The topological polar surface area (TPSA) is 107 Å². The summed E-state index contributed by atoms with van der Waals surface area (Å²) < 4.78 is 0. The minimum absolute atomic E-state index is 0.0728. The molecule has 1 aromatic carbocycles. The lowest BCUT2D eigenvalue weighted by Gasteiger charge is -2.30. The summed E-state index contributed by atoms with van der Waals surface area (Å²) in [5.74, 6) is -0.420. The van der Waals surface area contributed by atoms with E-state index in [0.717, 1.165) is 73.2 Å².